The van der Waals surface area contributed by atoms with Gasteiger partial charge in [-0.15, -0.1) is 0 Å². The summed E-state index contributed by atoms with van der Waals surface area (Å²) in [6, 6.07) is 22.7. The number of likely N-dealkylation sites (N-methyl/N-ethyl adjacent to an activating group) is 1. The lowest BCUT2D eigenvalue weighted by atomic mass is 9.95. The molecule has 10 heteroatoms. The van der Waals surface area contributed by atoms with E-state index in [1.165, 1.54) is 11.1 Å². The minimum absolute atomic E-state index is 0.0576. The first kappa shape index (κ1) is 32.8. The maximum atomic E-state index is 14.1. The van der Waals surface area contributed by atoms with E-state index in [2.05, 4.69) is 51.2 Å². The number of halogens is 2. The molecule has 2 amide bonds. The highest BCUT2D eigenvalue weighted by Gasteiger charge is 2.34. The zero-order valence-electron chi connectivity index (χ0n) is 25.3. The molecule has 0 spiro atoms. The summed E-state index contributed by atoms with van der Waals surface area (Å²) in [5.74, 6) is -0.210. The van der Waals surface area contributed by atoms with Crippen LogP contribution in [0.15, 0.2) is 72.8 Å². The fraction of sp³-hybridized carbons (Fsp3) is 0.412. The first-order valence-corrected chi connectivity index (χ1v) is 17.2. The molecule has 2 aliphatic heterocycles. The van der Waals surface area contributed by atoms with E-state index in [4.69, 9.17) is 23.2 Å². The SMILES string of the molecule is CCN(CC(c1ccccc1Cl)N1CCN(C(=O)[C@@H](Cc2ccc(Cl)cc2)NC(=O)C2Cc3ccccc3CN2)CC1)SC. The minimum atomic E-state index is -0.680. The molecule has 234 valence electrons. The number of fused-ring (bicyclic) bond motifs is 1. The topological polar surface area (TPSA) is 67.9 Å². The van der Waals surface area contributed by atoms with Crippen LogP contribution in [0.5, 0.6) is 0 Å². The minimum Gasteiger partial charge on any atom is -0.343 e. The molecule has 0 radical (unpaired) electrons. The Morgan fingerprint density at radius 2 is 1.66 bits per heavy atom. The number of carbonyl (C=O) groups is 2. The van der Waals surface area contributed by atoms with E-state index in [-0.39, 0.29) is 17.9 Å². The maximum absolute atomic E-state index is 14.1. The molecular formula is C34H41Cl2N5O2S. The van der Waals surface area contributed by atoms with Gasteiger partial charge in [0.25, 0.3) is 0 Å². The molecular weight excluding hydrogens is 613 g/mol. The number of nitrogens with zero attached hydrogens (tertiary/aromatic N) is 3. The van der Waals surface area contributed by atoms with Crippen LogP contribution in [0, 0.1) is 0 Å². The lowest BCUT2D eigenvalue weighted by molar-refractivity contribution is -0.138. The van der Waals surface area contributed by atoms with E-state index in [0.717, 1.165) is 42.3 Å². The van der Waals surface area contributed by atoms with Gasteiger partial charge in [-0.1, -0.05) is 96.7 Å². The monoisotopic (exact) mass is 653 g/mol. The van der Waals surface area contributed by atoms with Gasteiger partial charge in [0, 0.05) is 62.3 Å². The van der Waals surface area contributed by atoms with Crippen LogP contribution in [0.1, 0.15) is 35.2 Å². The van der Waals surface area contributed by atoms with Crippen molar-refractivity contribution in [3.05, 3.63) is 105 Å². The number of rotatable bonds is 11. The summed E-state index contributed by atoms with van der Waals surface area (Å²) in [6.45, 7) is 7.14. The van der Waals surface area contributed by atoms with Crippen molar-refractivity contribution in [3.8, 4) is 0 Å². The van der Waals surface area contributed by atoms with E-state index in [1.807, 2.05) is 59.5 Å². The van der Waals surface area contributed by atoms with Crippen molar-refractivity contribution in [2.24, 2.45) is 0 Å². The van der Waals surface area contributed by atoms with Gasteiger partial charge in [-0.25, -0.2) is 4.31 Å². The largest absolute Gasteiger partial charge is 0.343 e. The van der Waals surface area contributed by atoms with Gasteiger partial charge in [0.1, 0.15) is 6.04 Å². The first-order chi connectivity index (χ1) is 21.4. The van der Waals surface area contributed by atoms with Crippen LogP contribution in [-0.2, 0) is 29.0 Å². The Labute approximate surface area is 275 Å². The van der Waals surface area contributed by atoms with Gasteiger partial charge in [0.2, 0.25) is 11.8 Å². The summed E-state index contributed by atoms with van der Waals surface area (Å²) in [5.41, 5.74) is 4.43. The number of hydrogen-bond donors (Lipinski definition) is 2. The lowest BCUT2D eigenvalue weighted by Crippen LogP contribution is -2.58. The molecule has 1 fully saturated rings. The molecule has 2 aliphatic rings. The molecule has 5 rings (SSSR count). The predicted octanol–water partition coefficient (Wildman–Crippen LogP) is 5.22. The normalized spacial score (nSPS) is 18.5. The second kappa shape index (κ2) is 15.6. The van der Waals surface area contributed by atoms with Gasteiger partial charge >= 0.3 is 0 Å². The fourth-order valence-electron chi connectivity index (χ4n) is 6.12. The van der Waals surface area contributed by atoms with Crippen molar-refractivity contribution in [1.82, 2.24) is 24.7 Å². The van der Waals surface area contributed by atoms with Crippen LogP contribution in [0.25, 0.3) is 0 Å². The summed E-state index contributed by atoms with van der Waals surface area (Å²) in [7, 11) is 0. The number of carbonyl (C=O) groups excluding carboxylic acids is 2. The Morgan fingerprint density at radius 3 is 2.34 bits per heavy atom. The van der Waals surface area contributed by atoms with Crippen LogP contribution in [-0.4, -0.2) is 83.5 Å². The molecule has 2 N–H and O–H groups in total. The summed E-state index contributed by atoms with van der Waals surface area (Å²) < 4.78 is 2.33. The Morgan fingerprint density at radius 1 is 0.977 bits per heavy atom. The fourth-order valence-corrected chi connectivity index (χ4v) is 7.06. The smallest absolute Gasteiger partial charge is 0.245 e. The van der Waals surface area contributed by atoms with Crippen molar-refractivity contribution in [3.63, 3.8) is 0 Å². The van der Waals surface area contributed by atoms with Crippen LogP contribution in [0.3, 0.4) is 0 Å². The van der Waals surface area contributed by atoms with Gasteiger partial charge in [-0.2, -0.15) is 0 Å². The second-order valence-corrected chi connectivity index (χ2v) is 13.1. The summed E-state index contributed by atoms with van der Waals surface area (Å²) >= 11 is 14.6. The van der Waals surface area contributed by atoms with Crippen molar-refractivity contribution >= 4 is 47.0 Å². The molecule has 3 aromatic rings. The molecule has 7 nitrogen and oxygen atoms in total. The zero-order chi connectivity index (χ0) is 31.1. The predicted molar refractivity (Wildman–Crippen MR) is 181 cm³/mol. The quantitative estimate of drug-likeness (QED) is 0.277. The molecule has 1 saturated heterocycles. The van der Waals surface area contributed by atoms with Gasteiger partial charge < -0.3 is 15.5 Å². The van der Waals surface area contributed by atoms with Crippen molar-refractivity contribution in [2.45, 2.75) is 44.4 Å². The van der Waals surface area contributed by atoms with E-state index in [1.54, 1.807) is 11.9 Å². The first-order valence-electron chi connectivity index (χ1n) is 15.3. The average Bonchev–Trinajstić information content (AvgIpc) is 3.06. The molecule has 3 aromatic carbocycles. The van der Waals surface area contributed by atoms with Crippen LogP contribution in [0.2, 0.25) is 10.0 Å². The summed E-state index contributed by atoms with van der Waals surface area (Å²) in [4.78, 5) is 31.9. The van der Waals surface area contributed by atoms with Crippen molar-refractivity contribution < 1.29 is 9.59 Å². The molecule has 0 saturated carbocycles. The van der Waals surface area contributed by atoms with E-state index >= 15 is 0 Å². The molecule has 0 aliphatic carbocycles. The number of nitrogens with one attached hydrogen (secondary N) is 2. The number of benzene rings is 3. The van der Waals surface area contributed by atoms with E-state index in [9.17, 15) is 9.59 Å². The van der Waals surface area contributed by atoms with Crippen LogP contribution < -0.4 is 10.6 Å². The summed E-state index contributed by atoms with van der Waals surface area (Å²) in [6.07, 6.45) is 3.09. The Bertz CT molecular complexity index is 1410. The number of hydrogen-bond acceptors (Lipinski definition) is 6. The molecule has 0 bridgehead atoms. The highest BCUT2D eigenvalue weighted by atomic mass is 35.5. The average molecular weight is 655 g/mol. The third-order valence-electron chi connectivity index (χ3n) is 8.68. The maximum Gasteiger partial charge on any atom is 0.245 e. The second-order valence-electron chi connectivity index (χ2n) is 11.4. The molecule has 44 heavy (non-hydrogen) atoms. The number of piperazine rings is 1. The third kappa shape index (κ3) is 8.16. The highest BCUT2D eigenvalue weighted by molar-refractivity contribution is 7.96. The van der Waals surface area contributed by atoms with E-state index < -0.39 is 12.1 Å². The van der Waals surface area contributed by atoms with Gasteiger partial charge in [0.05, 0.1) is 12.1 Å². The highest BCUT2D eigenvalue weighted by Crippen LogP contribution is 2.30. The Balaban J connectivity index is 1.29. The summed E-state index contributed by atoms with van der Waals surface area (Å²) in [5, 5.41) is 7.88. The van der Waals surface area contributed by atoms with Crippen LogP contribution >= 0.6 is 35.1 Å². The van der Waals surface area contributed by atoms with Crippen molar-refractivity contribution in [2.75, 3.05) is 45.5 Å². The molecule has 3 atom stereocenters. The van der Waals surface area contributed by atoms with Gasteiger partial charge in [-0.3, -0.25) is 14.5 Å². The standard InChI is InChI=1S/C34H41Cl2N5O2S/c1-3-41(44-2)23-32(28-10-6-7-11-29(28)36)39-16-18-40(19-17-39)34(43)31(20-24-12-14-27(35)15-13-24)38-33(42)30-21-25-8-4-5-9-26(25)22-37-30/h4-15,30-32,37H,3,16-23H2,1-2H3,(H,38,42)/t30?,31-,32?/m1/s1. The third-order valence-corrected chi connectivity index (χ3v) is 10.2. The van der Waals surface area contributed by atoms with Crippen LogP contribution in [0.4, 0.5) is 0 Å². The van der Waals surface area contributed by atoms with E-state index in [0.29, 0.717) is 37.5 Å². The van der Waals surface area contributed by atoms with Gasteiger partial charge in [-0.05, 0) is 53.1 Å². The molecule has 0 aromatic heterocycles. The van der Waals surface area contributed by atoms with Crippen molar-refractivity contribution in [1.29, 1.82) is 0 Å². The Hall–Kier alpha value is -2.59. The van der Waals surface area contributed by atoms with Gasteiger partial charge in [0.15, 0.2) is 0 Å². The number of amides is 2. The Kier molecular flexibility index (Phi) is 11.6. The molecule has 2 unspecified atom stereocenters. The zero-order valence-corrected chi connectivity index (χ0v) is 27.7. The molecule has 2 heterocycles. The lowest BCUT2D eigenvalue weighted by Gasteiger charge is -2.42.